The quantitative estimate of drug-likeness (QED) is 0.798. The van der Waals surface area contributed by atoms with Crippen LogP contribution in [0.1, 0.15) is 16.7 Å². The van der Waals surface area contributed by atoms with Crippen LogP contribution in [0.3, 0.4) is 0 Å². The van der Waals surface area contributed by atoms with Crippen LogP contribution in [0.4, 0.5) is 10.1 Å². The monoisotopic (exact) mass is 352 g/mol. The maximum Gasteiger partial charge on any atom is 0.263 e. The minimum atomic E-state index is -0.849. The van der Waals surface area contributed by atoms with Crippen LogP contribution in [0.2, 0.25) is 0 Å². The van der Waals surface area contributed by atoms with Crippen LogP contribution in [-0.4, -0.2) is 28.9 Å². The first-order valence-corrected chi connectivity index (χ1v) is 8.32. The van der Waals surface area contributed by atoms with Crippen LogP contribution in [0.15, 0.2) is 52.8 Å². The Bertz CT molecular complexity index is 926. The van der Waals surface area contributed by atoms with Crippen molar-refractivity contribution >= 4 is 17.5 Å². The molecule has 4 rings (SSSR count). The summed E-state index contributed by atoms with van der Waals surface area (Å²) in [6, 6.07) is 9.74. The Morgan fingerprint density at radius 3 is 2.50 bits per heavy atom. The molecule has 7 heteroatoms. The number of nitrogens with zero attached hydrogens (tertiary/aromatic N) is 4. The lowest BCUT2D eigenvalue weighted by Gasteiger charge is -2.21. The molecule has 0 aliphatic carbocycles. The van der Waals surface area contributed by atoms with Gasteiger partial charge in [-0.3, -0.25) is 14.6 Å². The number of carbonyl (C=O) groups is 2. The first-order valence-electron chi connectivity index (χ1n) is 8.32. The summed E-state index contributed by atoms with van der Waals surface area (Å²) in [5.41, 5.74) is 3.57. The number of benzene rings is 2. The molecule has 0 spiro atoms. The second-order valence-electron chi connectivity index (χ2n) is 6.61. The van der Waals surface area contributed by atoms with Gasteiger partial charge in [0.25, 0.3) is 11.8 Å². The Balaban J connectivity index is 1.62. The van der Waals surface area contributed by atoms with Gasteiger partial charge in [-0.15, -0.1) is 0 Å². The smallest absolute Gasteiger partial charge is 0.263 e. The molecule has 2 atom stereocenters. The van der Waals surface area contributed by atoms with E-state index in [2.05, 4.69) is 10.3 Å². The van der Waals surface area contributed by atoms with Crippen LogP contribution >= 0.6 is 0 Å². The molecule has 2 amide bonds. The van der Waals surface area contributed by atoms with E-state index in [4.69, 9.17) is 0 Å². The van der Waals surface area contributed by atoms with E-state index in [-0.39, 0.29) is 5.91 Å². The van der Waals surface area contributed by atoms with Crippen molar-refractivity contribution in [2.45, 2.75) is 32.5 Å². The summed E-state index contributed by atoms with van der Waals surface area (Å²) < 4.78 is 13.1. The first-order chi connectivity index (χ1) is 12.5. The molecule has 26 heavy (non-hydrogen) atoms. The van der Waals surface area contributed by atoms with Crippen molar-refractivity contribution in [1.29, 1.82) is 0 Å². The summed E-state index contributed by atoms with van der Waals surface area (Å²) in [6.45, 7) is 4.39. The Labute approximate surface area is 149 Å². The fourth-order valence-electron chi connectivity index (χ4n) is 3.34. The number of fused-ring (bicyclic) bond motifs is 1. The Morgan fingerprint density at radius 2 is 1.77 bits per heavy atom. The number of halogens is 1. The molecule has 0 aromatic heterocycles. The number of anilines is 1. The predicted molar refractivity (Wildman–Crippen MR) is 92.8 cm³/mol. The fraction of sp³-hybridized carbons (Fsp3) is 0.263. The maximum atomic E-state index is 13.1. The third kappa shape index (κ3) is 2.56. The third-order valence-electron chi connectivity index (χ3n) is 4.78. The average molecular weight is 352 g/mol. The minimum Gasteiger partial charge on any atom is -0.271 e. The topological polar surface area (TPSA) is 65.3 Å². The summed E-state index contributed by atoms with van der Waals surface area (Å²) in [5.74, 6) is -1.25. The molecule has 2 aromatic carbocycles. The molecule has 0 bridgehead atoms. The molecule has 2 aliphatic rings. The second-order valence-corrected chi connectivity index (χ2v) is 6.61. The largest absolute Gasteiger partial charge is 0.271 e. The molecule has 1 fully saturated rings. The van der Waals surface area contributed by atoms with Crippen molar-refractivity contribution in [3.05, 3.63) is 65.0 Å². The molecule has 2 aliphatic heterocycles. The lowest BCUT2D eigenvalue weighted by molar-refractivity contribution is -0.123. The normalized spacial score (nSPS) is 21.7. The highest BCUT2D eigenvalue weighted by Gasteiger charge is 2.54. The molecule has 6 nitrogen and oxygen atoms in total. The summed E-state index contributed by atoms with van der Waals surface area (Å²) in [6.07, 6.45) is 0. The number of hydrogen-bond donors (Lipinski definition) is 0. The van der Waals surface area contributed by atoms with Crippen LogP contribution in [0.25, 0.3) is 0 Å². The molecule has 0 unspecified atom stereocenters. The van der Waals surface area contributed by atoms with E-state index in [0.717, 1.165) is 21.6 Å². The number of carbonyl (C=O) groups excluding carboxylic acids is 2. The first kappa shape index (κ1) is 16.4. The van der Waals surface area contributed by atoms with E-state index in [1.165, 1.54) is 24.3 Å². The van der Waals surface area contributed by atoms with Crippen LogP contribution in [0, 0.1) is 19.7 Å². The molecular formula is C19H17FN4O2. The van der Waals surface area contributed by atoms with Gasteiger partial charge in [0.05, 0.1) is 12.2 Å². The van der Waals surface area contributed by atoms with Crippen molar-refractivity contribution in [1.82, 2.24) is 5.01 Å². The number of imide groups is 1. The summed E-state index contributed by atoms with van der Waals surface area (Å²) >= 11 is 0. The minimum absolute atomic E-state index is 0.345. The summed E-state index contributed by atoms with van der Waals surface area (Å²) in [4.78, 5) is 26.6. The van der Waals surface area contributed by atoms with Crippen LogP contribution in [0.5, 0.6) is 0 Å². The highest BCUT2D eigenvalue weighted by Crippen LogP contribution is 2.33. The zero-order chi connectivity index (χ0) is 18.4. The molecule has 2 aromatic rings. The Morgan fingerprint density at radius 1 is 1.04 bits per heavy atom. The zero-order valence-electron chi connectivity index (χ0n) is 14.4. The highest BCUT2D eigenvalue weighted by molar-refractivity contribution is 6.25. The highest BCUT2D eigenvalue weighted by atomic mass is 19.1. The van der Waals surface area contributed by atoms with E-state index in [0.29, 0.717) is 12.2 Å². The van der Waals surface area contributed by atoms with E-state index in [1.54, 1.807) is 5.01 Å². The van der Waals surface area contributed by atoms with E-state index >= 15 is 0 Å². The molecule has 1 saturated heterocycles. The SMILES string of the molecule is Cc1ccc(C)c(CN2N=N[C@H]3C(=O)N(c4ccc(F)cc4)C(=O)[C@H]32)c1. The Kier molecular flexibility index (Phi) is 3.79. The van der Waals surface area contributed by atoms with Gasteiger partial charge >= 0.3 is 0 Å². The van der Waals surface area contributed by atoms with E-state index < -0.39 is 23.8 Å². The zero-order valence-corrected chi connectivity index (χ0v) is 14.4. The van der Waals surface area contributed by atoms with Gasteiger partial charge in [-0.2, -0.15) is 5.11 Å². The predicted octanol–water partition coefficient (Wildman–Crippen LogP) is 2.94. The van der Waals surface area contributed by atoms with Crippen LogP contribution in [-0.2, 0) is 16.1 Å². The lowest BCUT2D eigenvalue weighted by Crippen LogP contribution is -2.39. The van der Waals surface area contributed by atoms with Gasteiger partial charge in [-0.05, 0) is 49.2 Å². The van der Waals surface area contributed by atoms with Gasteiger partial charge in [-0.1, -0.05) is 29.0 Å². The van der Waals surface area contributed by atoms with Crippen molar-refractivity contribution in [3.8, 4) is 0 Å². The molecular weight excluding hydrogens is 335 g/mol. The van der Waals surface area contributed by atoms with Crippen molar-refractivity contribution in [2.24, 2.45) is 10.3 Å². The summed E-state index contributed by atoms with van der Waals surface area (Å²) in [5, 5.41) is 9.64. The lowest BCUT2D eigenvalue weighted by atomic mass is 10.0. The number of hydrogen-bond acceptors (Lipinski definition) is 5. The van der Waals surface area contributed by atoms with Crippen molar-refractivity contribution in [3.63, 3.8) is 0 Å². The average Bonchev–Trinajstić information content (AvgIpc) is 3.13. The van der Waals surface area contributed by atoms with E-state index in [9.17, 15) is 14.0 Å². The van der Waals surface area contributed by atoms with Gasteiger partial charge in [-0.25, -0.2) is 9.29 Å². The van der Waals surface area contributed by atoms with Gasteiger partial charge in [0.1, 0.15) is 5.82 Å². The van der Waals surface area contributed by atoms with E-state index in [1.807, 2.05) is 32.0 Å². The van der Waals surface area contributed by atoms with Gasteiger partial charge in [0, 0.05) is 0 Å². The van der Waals surface area contributed by atoms with Crippen molar-refractivity contribution < 1.29 is 14.0 Å². The molecule has 0 radical (unpaired) electrons. The molecule has 132 valence electrons. The maximum absolute atomic E-state index is 13.1. The second kappa shape index (κ2) is 6.01. The number of aryl methyl sites for hydroxylation is 2. The fourth-order valence-corrected chi connectivity index (χ4v) is 3.34. The number of amides is 2. The standard InChI is InChI=1S/C19H17FN4O2/c1-11-3-4-12(2)13(9-11)10-23-17-16(21-22-23)18(25)24(19(17)26)15-7-5-14(20)6-8-15/h3-9,16-17H,10H2,1-2H3/t16-,17+/m1/s1. The molecule has 0 saturated carbocycles. The van der Waals surface area contributed by atoms with Gasteiger partial charge in [0.15, 0.2) is 12.1 Å². The third-order valence-corrected chi connectivity index (χ3v) is 4.78. The summed E-state index contributed by atoms with van der Waals surface area (Å²) in [7, 11) is 0. The molecule has 2 heterocycles. The van der Waals surface area contributed by atoms with Crippen LogP contribution < -0.4 is 4.90 Å². The number of rotatable bonds is 3. The van der Waals surface area contributed by atoms with Crippen molar-refractivity contribution in [2.75, 3.05) is 4.90 Å². The Hall–Kier alpha value is -3.09. The van der Waals surface area contributed by atoms with Gasteiger partial charge < -0.3 is 0 Å². The molecule has 0 N–H and O–H groups in total. The van der Waals surface area contributed by atoms with Gasteiger partial charge in [0.2, 0.25) is 0 Å².